The molecule has 164 valence electrons. The van der Waals surface area contributed by atoms with Crippen molar-refractivity contribution in [2.75, 3.05) is 36.4 Å². The zero-order valence-corrected chi connectivity index (χ0v) is 17.9. The Bertz CT molecular complexity index is 908. The van der Waals surface area contributed by atoms with Crippen LogP contribution in [0.15, 0.2) is 42.6 Å². The molecule has 7 nitrogen and oxygen atoms in total. The van der Waals surface area contributed by atoms with Gasteiger partial charge in [0.25, 0.3) is 5.91 Å². The van der Waals surface area contributed by atoms with Gasteiger partial charge in [0.15, 0.2) is 0 Å². The van der Waals surface area contributed by atoms with Crippen LogP contribution in [0.5, 0.6) is 0 Å². The number of pyridine rings is 1. The van der Waals surface area contributed by atoms with Gasteiger partial charge in [0.1, 0.15) is 5.82 Å². The second-order valence-corrected chi connectivity index (χ2v) is 8.55. The first kappa shape index (κ1) is 21.3. The number of piperidine rings is 2. The minimum Gasteiger partial charge on any atom is -0.369 e. The molecule has 2 fully saturated rings. The number of nitrogens with zero attached hydrogens (tertiary/aromatic N) is 3. The van der Waals surface area contributed by atoms with E-state index in [1.165, 1.54) is 6.42 Å². The second kappa shape index (κ2) is 9.92. The molecule has 31 heavy (non-hydrogen) atoms. The van der Waals surface area contributed by atoms with Gasteiger partial charge in [-0.1, -0.05) is 12.1 Å². The summed E-state index contributed by atoms with van der Waals surface area (Å²) in [5, 5.41) is 3.01. The summed E-state index contributed by atoms with van der Waals surface area (Å²) in [5.41, 5.74) is 8.00. The topological polar surface area (TPSA) is 91.6 Å². The van der Waals surface area contributed by atoms with E-state index in [9.17, 15) is 9.59 Å². The molecule has 2 amide bonds. The number of likely N-dealkylation sites (tertiary alicyclic amines) is 1. The molecule has 1 atom stereocenters. The molecule has 0 bridgehead atoms. The van der Waals surface area contributed by atoms with Crippen LogP contribution in [-0.2, 0) is 11.3 Å². The summed E-state index contributed by atoms with van der Waals surface area (Å²) >= 11 is 0. The van der Waals surface area contributed by atoms with Crippen LogP contribution in [0.25, 0.3) is 0 Å². The molecule has 3 N–H and O–H groups in total. The number of nitrogens with two attached hydrogens (primary N) is 1. The summed E-state index contributed by atoms with van der Waals surface area (Å²) in [5.74, 6) is 0.371. The van der Waals surface area contributed by atoms with Crippen molar-refractivity contribution in [2.45, 2.75) is 38.6 Å². The lowest BCUT2D eigenvalue weighted by Gasteiger charge is -2.31. The smallest absolute Gasteiger partial charge is 0.259 e. The van der Waals surface area contributed by atoms with Crippen LogP contribution in [0.1, 0.15) is 48.0 Å². The zero-order chi connectivity index (χ0) is 21.6. The van der Waals surface area contributed by atoms with E-state index in [-0.39, 0.29) is 17.7 Å². The summed E-state index contributed by atoms with van der Waals surface area (Å²) in [7, 11) is 0. The molecule has 2 saturated heterocycles. The largest absolute Gasteiger partial charge is 0.369 e. The molecule has 4 rings (SSSR count). The fourth-order valence-electron chi connectivity index (χ4n) is 4.51. The van der Waals surface area contributed by atoms with Crippen LogP contribution < -0.4 is 16.0 Å². The van der Waals surface area contributed by atoms with Crippen molar-refractivity contribution in [3.05, 3.63) is 53.7 Å². The maximum Gasteiger partial charge on any atom is 0.259 e. The Morgan fingerprint density at radius 3 is 2.55 bits per heavy atom. The van der Waals surface area contributed by atoms with Crippen molar-refractivity contribution in [1.82, 2.24) is 9.88 Å². The van der Waals surface area contributed by atoms with Crippen LogP contribution >= 0.6 is 0 Å². The van der Waals surface area contributed by atoms with Gasteiger partial charge in [0.05, 0.1) is 11.5 Å². The highest BCUT2D eigenvalue weighted by Crippen LogP contribution is 2.23. The van der Waals surface area contributed by atoms with E-state index in [1.807, 2.05) is 36.4 Å². The van der Waals surface area contributed by atoms with Crippen LogP contribution in [0.4, 0.5) is 11.5 Å². The van der Waals surface area contributed by atoms with Crippen LogP contribution in [0.2, 0.25) is 0 Å². The molecule has 7 heteroatoms. The van der Waals surface area contributed by atoms with E-state index in [2.05, 4.69) is 20.1 Å². The second-order valence-electron chi connectivity index (χ2n) is 8.55. The zero-order valence-electron chi connectivity index (χ0n) is 17.9. The van der Waals surface area contributed by atoms with E-state index in [0.717, 1.165) is 68.9 Å². The van der Waals surface area contributed by atoms with E-state index in [0.29, 0.717) is 12.1 Å². The van der Waals surface area contributed by atoms with E-state index >= 15 is 0 Å². The molecule has 0 aliphatic carbocycles. The Morgan fingerprint density at radius 1 is 1.03 bits per heavy atom. The van der Waals surface area contributed by atoms with Gasteiger partial charge in [-0.15, -0.1) is 0 Å². The first-order valence-corrected chi connectivity index (χ1v) is 11.2. The van der Waals surface area contributed by atoms with Crippen molar-refractivity contribution < 1.29 is 9.59 Å². The minimum absolute atomic E-state index is 0.0547. The molecule has 0 saturated carbocycles. The normalized spacial score (nSPS) is 19.7. The van der Waals surface area contributed by atoms with Crippen molar-refractivity contribution >= 4 is 23.3 Å². The number of benzene rings is 1. The van der Waals surface area contributed by atoms with Gasteiger partial charge in [0, 0.05) is 38.1 Å². The summed E-state index contributed by atoms with van der Waals surface area (Å²) in [6, 6.07) is 11.6. The van der Waals surface area contributed by atoms with E-state index in [4.69, 9.17) is 5.73 Å². The third-order valence-electron chi connectivity index (χ3n) is 6.21. The summed E-state index contributed by atoms with van der Waals surface area (Å²) < 4.78 is 0. The number of hydrogen-bond acceptors (Lipinski definition) is 5. The molecule has 3 heterocycles. The molecule has 2 aromatic rings. The van der Waals surface area contributed by atoms with Gasteiger partial charge in [-0.3, -0.25) is 14.5 Å². The number of amides is 2. The highest BCUT2D eigenvalue weighted by atomic mass is 16.2. The maximum atomic E-state index is 12.9. The fraction of sp³-hybridized carbons (Fsp3) is 0.458. The average molecular weight is 422 g/mol. The van der Waals surface area contributed by atoms with Crippen LogP contribution in [-0.4, -0.2) is 47.9 Å². The van der Waals surface area contributed by atoms with Crippen LogP contribution in [0.3, 0.4) is 0 Å². The lowest BCUT2D eigenvalue weighted by molar-refractivity contribution is -0.123. The van der Waals surface area contributed by atoms with Gasteiger partial charge in [-0.05, 0) is 68.5 Å². The summed E-state index contributed by atoms with van der Waals surface area (Å²) in [6.07, 6.45) is 7.13. The third kappa shape index (κ3) is 5.41. The fourth-order valence-corrected chi connectivity index (χ4v) is 4.51. The van der Waals surface area contributed by atoms with Crippen molar-refractivity contribution in [3.63, 3.8) is 0 Å². The van der Waals surface area contributed by atoms with Crippen molar-refractivity contribution in [1.29, 1.82) is 0 Å². The number of rotatable bonds is 6. The molecule has 2 aliphatic heterocycles. The molecule has 1 unspecified atom stereocenters. The number of primary amides is 1. The molecule has 0 radical (unpaired) electrons. The Kier molecular flexibility index (Phi) is 6.82. The predicted octanol–water partition coefficient (Wildman–Crippen LogP) is 3.02. The van der Waals surface area contributed by atoms with Gasteiger partial charge < -0.3 is 16.0 Å². The molecular formula is C24H31N5O2. The van der Waals surface area contributed by atoms with E-state index < -0.39 is 0 Å². The van der Waals surface area contributed by atoms with Gasteiger partial charge >= 0.3 is 0 Å². The Balaban J connectivity index is 1.38. The van der Waals surface area contributed by atoms with Gasteiger partial charge in [-0.25, -0.2) is 4.98 Å². The molecule has 1 aromatic heterocycles. The summed E-state index contributed by atoms with van der Waals surface area (Å²) in [6.45, 7) is 4.36. The Labute approximate surface area is 183 Å². The Morgan fingerprint density at radius 2 is 1.81 bits per heavy atom. The SMILES string of the molecule is NC(=O)C1CCCN(Cc2ccc(NC(=O)c3cccnc3N3CCCCC3)cc2)C1. The molecule has 0 spiro atoms. The lowest BCUT2D eigenvalue weighted by atomic mass is 9.97. The maximum absolute atomic E-state index is 12.9. The number of anilines is 2. The Hall–Kier alpha value is -2.93. The van der Waals surface area contributed by atoms with Crippen molar-refractivity contribution in [3.8, 4) is 0 Å². The van der Waals surface area contributed by atoms with Gasteiger partial charge in [-0.2, -0.15) is 0 Å². The molecule has 1 aromatic carbocycles. The average Bonchev–Trinajstić information content (AvgIpc) is 2.81. The minimum atomic E-state index is -0.206. The monoisotopic (exact) mass is 421 g/mol. The lowest BCUT2D eigenvalue weighted by Crippen LogP contribution is -2.40. The first-order chi connectivity index (χ1) is 15.1. The van der Waals surface area contributed by atoms with Crippen molar-refractivity contribution in [2.24, 2.45) is 11.7 Å². The highest BCUT2D eigenvalue weighted by Gasteiger charge is 2.24. The van der Waals surface area contributed by atoms with Crippen LogP contribution in [0, 0.1) is 5.92 Å². The predicted molar refractivity (Wildman–Crippen MR) is 122 cm³/mol. The number of carbonyl (C=O) groups is 2. The number of hydrogen-bond donors (Lipinski definition) is 2. The third-order valence-corrected chi connectivity index (χ3v) is 6.21. The quantitative estimate of drug-likeness (QED) is 0.748. The summed E-state index contributed by atoms with van der Waals surface area (Å²) in [4.78, 5) is 33.4. The number of aromatic nitrogens is 1. The van der Waals surface area contributed by atoms with Gasteiger partial charge in [0.2, 0.25) is 5.91 Å². The first-order valence-electron chi connectivity index (χ1n) is 11.2. The standard InChI is InChI=1S/C24H31N5O2/c25-22(30)19-6-5-13-28(17-19)16-18-8-10-20(11-9-18)27-24(31)21-7-4-12-26-23(21)29-14-2-1-3-15-29/h4,7-12,19H,1-3,5-6,13-17H2,(H2,25,30)(H,27,31). The number of carbonyl (C=O) groups excluding carboxylic acids is 2. The highest BCUT2D eigenvalue weighted by molar-refractivity contribution is 6.07. The number of nitrogens with one attached hydrogen (secondary N) is 1. The van der Waals surface area contributed by atoms with E-state index in [1.54, 1.807) is 6.20 Å². The molecule has 2 aliphatic rings. The molecular weight excluding hydrogens is 390 g/mol.